The van der Waals surface area contributed by atoms with Gasteiger partial charge < -0.3 is 4.74 Å². The number of imide groups is 1. The average Bonchev–Trinajstić information content (AvgIpc) is 3.64. The van der Waals surface area contributed by atoms with Crippen LogP contribution < -0.4 is 4.74 Å². The molecule has 2 bridgehead atoms. The quantitative estimate of drug-likeness (QED) is 0.0559. The van der Waals surface area contributed by atoms with Crippen LogP contribution in [0.4, 0.5) is 5.69 Å². The summed E-state index contributed by atoms with van der Waals surface area (Å²) in [6.07, 6.45) is 0.699. The number of carbonyl (C=O) groups is 5. The highest BCUT2D eigenvalue weighted by Gasteiger charge is 2.67. The molecule has 230 valence electrons. The van der Waals surface area contributed by atoms with E-state index >= 15 is 0 Å². The third-order valence-corrected chi connectivity index (χ3v) is 12.1. The van der Waals surface area contributed by atoms with Crippen LogP contribution in [0.2, 0.25) is 5.02 Å². The standard InChI is InChI=1S/C31H22Br2ClN3O8/c32-26-20-13-21(27(26)33)25-24(20)29(40)36(30(25)41)35(28(39)19-3-1-2-4-22(19)34)14-23(38)15-7-11-18(12-8-15)45-31(42)16-5-9-17(10-6-16)37(43)44/h1-12,20-21,24-27H,13-14H2/t20-,21-,24-,25+,26+,27+/m1/s1. The molecule has 0 aromatic heterocycles. The van der Waals surface area contributed by atoms with Gasteiger partial charge in [-0.1, -0.05) is 55.6 Å². The smallest absolute Gasteiger partial charge is 0.343 e. The Hall–Kier alpha value is -3.94. The van der Waals surface area contributed by atoms with Gasteiger partial charge in [-0.2, -0.15) is 5.01 Å². The van der Waals surface area contributed by atoms with Gasteiger partial charge in [0.1, 0.15) is 12.3 Å². The summed E-state index contributed by atoms with van der Waals surface area (Å²) < 4.78 is 5.32. The van der Waals surface area contributed by atoms with Gasteiger partial charge in [0.25, 0.3) is 23.4 Å². The van der Waals surface area contributed by atoms with E-state index in [4.69, 9.17) is 16.3 Å². The fourth-order valence-corrected chi connectivity index (χ4v) is 8.49. The molecule has 3 fully saturated rings. The highest BCUT2D eigenvalue weighted by Crippen LogP contribution is 2.60. The van der Waals surface area contributed by atoms with Crippen molar-refractivity contribution in [2.24, 2.45) is 23.7 Å². The van der Waals surface area contributed by atoms with Gasteiger partial charge in [0, 0.05) is 27.4 Å². The Labute approximate surface area is 277 Å². The number of nitro groups is 1. The molecule has 3 aliphatic rings. The summed E-state index contributed by atoms with van der Waals surface area (Å²) in [4.78, 5) is 77.7. The molecule has 0 N–H and O–H groups in total. The first kappa shape index (κ1) is 31.1. The minimum absolute atomic E-state index is 0.0113. The third-order valence-electron chi connectivity index (χ3n) is 8.54. The number of esters is 1. The maximum absolute atomic E-state index is 13.8. The lowest BCUT2D eigenvalue weighted by Gasteiger charge is -2.31. The van der Waals surface area contributed by atoms with Crippen molar-refractivity contribution in [3.05, 3.63) is 105 Å². The number of hydrogen-bond acceptors (Lipinski definition) is 8. The molecule has 3 aromatic rings. The molecule has 6 rings (SSSR count). The predicted molar refractivity (Wildman–Crippen MR) is 167 cm³/mol. The van der Waals surface area contributed by atoms with E-state index in [0.717, 1.165) is 10.0 Å². The second-order valence-corrected chi connectivity index (χ2v) is 13.5. The van der Waals surface area contributed by atoms with Crippen molar-refractivity contribution in [2.75, 3.05) is 6.54 Å². The Morgan fingerprint density at radius 1 is 0.889 bits per heavy atom. The Morgan fingerprint density at radius 3 is 2.00 bits per heavy atom. The molecular formula is C31H22Br2ClN3O8. The summed E-state index contributed by atoms with van der Waals surface area (Å²) in [6, 6.07) is 16.6. The van der Waals surface area contributed by atoms with Crippen molar-refractivity contribution in [3.63, 3.8) is 0 Å². The number of hydrazine groups is 1. The molecule has 1 heterocycles. The number of hydrogen-bond donors (Lipinski definition) is 0. The van der Waals surface area contributed by atoms with Crippen LogP contribution in [-0.2, 0) is 9.59 Å². The topological polar surface area (TPSA) is 144 Å². The Bertz CT molecular complexity index is 1720. The molecule has 1 saturated heterocycles. The Kier molecular flexibility index (Phi) is 8.35. The van der Waals surface area contributed by atoms with Crippen molar-refractivity contribution in [3.8, 4) is 5.75 Å². The van der Waals surface area contributed by atoms with Gasteiger partial charge in [0.05, 0.1) is 32.9 Å². The zero-order chi connectivity index (χ0) is 32.2. The van der Waals surface area contributed by atoms with E-state index < -0.39 is 52.8 Å². The first-order chi connectivity index (χ1) is 21.5. The fraction of sp³-hybridized carbons (Fsp3) is 0.258. The third kappa shape index (κ3) is 5.46. The number of fused-ring (bicyclic) bond motifs is 5. The summed E-state index contributed by atoms with van der Waals surface area (Å²) in [5, 5.41) is 12.6. The van der Waals surface area contributed by atoms with Crippen LogP contribution in [0, 0.1) is 33.8 Å². The van der Waals surface area contributed by atoms with Gasteiger partial charge >= 0.3 is 5.97 Å². The molecule has 1 aliphatic heterocycles. The molecule has 2 aliphatic carbocycles. The van der Waals surface area contributed by atoms with Gasteiger partial charge in [0.2, 0.25) is 0 Å². The van der Waals surface area contributed by atoms with E-state index in [1.807, 2.05) is 0 Å². The highest BCUT2D eigenvalue weighted by atomic mass is 79.9. The number of ether oxygens (including phenoxy) is 1. The molecule has 11 nitrogen and oxygen atoms in total. The molecule has 0 spiro atoms. The lowest BCUT2D eigenvalue weighted by Crippen LogP contribution is -2.52. The van der Waals surface area contributed by atoms with Crippen LogP contribution >= 0.6 is 43.5 Å². The van der Waals surface area contributed by atoms with Crippen LogP contribution in [0.5, 0.6) is 5.75 Å². The van der Waals surface area contributed by atoms with Gasteiger partial charge in [-0.05, 0) is 66.8 Å². The van der Waals surface area contributed by atoms with Crippen molar-refractivity contribution >= 4 is 78.6 Å². The molecule has 45 heavy (non-hydrogen) atoms. The number of rotatable bonds is 8. The Morgan fingerprint density at radius 2 is 1.44 bits per heavy atom. The number of carbonyl (C=O) groups excluding carboxylic acids is 5. The number of alkyl halides is 2. The van der Waals surface area contributed by atoms with Gasteiger partial charge in [-0.3, -0.25) is 29.3 Å². The summed E-state index contributed by atoms with van der Waals surface area (Å²) >= 11 is 13.6. The first-order valence-electron chi connectivity index (χ1n) is 13.8. The van der Waals surface area contributed by atoms with Crippen LogP contribution in [0.25, 0.3) is 0 Å². The summed E-state index contributed by atoms with van der Waals surface area (Å²) in [5.74, 6) is -4.48. The molecule has 3 aromatic carbocycles. The molecular weight excluding hydrogens is 738 g/mol. The van der Waals surface area contributed by atoms with Crippen molar-refractivity contribution in [2.45, 2.75) is 16.1 Å². The van der Waals surface area contributed by atoms with E-state index in [1.165, 1.54) is 60.7 Å². The van der Waals surface area contributed by atoms with Crippen molar-refractivity contribution < 1.29 is 33.6 Å². The highest BCUT2D eigenvalue weighted by molar-refractivity contribution is 9.12. The fourth-order valence-electron chi connectivity index (χ4n) is 6.40. The van der Waals surface area contributed by atoms with E-state index in [0.29, 0.717) is 6.42 Å². The van der Waals surface area contributed by atoms with Gasteiger partial charge in [-0.15, -0.1) is 0 Å². The van der Waals surface area contributed by atoms with Crippen molar-refractivity contribution in [1.82, 2.24) is 10.0 Å². The van der Waals surface area contributed by atoms with E-state index in [-0.39, 0.29) is 54.6 Å². The van der Waals surface area contributed by atoms with Crippen LogP contribution in [0.15, 0.2) is 72.8 Å². The predicted octanol–water partition coefficient (Wildman–Crippen LogP) is 5.49. The molecule has 14 heteroatoms. The number of non-ortho nitro benzene ring substituents is 1. The lowest BCUT2D eigenvalue weighted by atomic mass is 9.81. The zero-order valence-electron chi connectivity index (χ0n) is 23.0. The first-order valence-corrected chi connectivity index (χ1v) is 16.0. The molecule has 2 saturated carbocycles. The number of nitro benzene ring substituents is 1. The number of Topliss-reactive ketones (excluding diaryl/α,β-unsaturated/α-hetero) is 1. The maximum Gasteiger partial charge on any atom is 0.343 e. The average molecular weight is 760 g/mol. The van der Waals surface area contributed by atoms with Crippen LogP contribution in [-0.4, -0.2) is 60.6 Å². The molecule has 0 radical (unpaired) electrons. The minimum atomic E-state index is -0.776. The molecule has 3 amide bonds. The maximum atomic E-state index is 13.8. The molecule has 6 atom stereocenters. The number of ketones is 1. The normalized spacial score (nSPS) is 24.8. The number of halogens is 3. The lowest BCUT2D eigenvalue weighted by molar-refractivity contribution is -0.384. The number of benzene rings is 3. The number of amides is 3. The van der Waals surface area contributed by atoms with Crippen molar-refractivity contribution in [1.29, 1.82) is 0 Å². The van der Waals surface area contributed by atoms with Gasteiger partial charge in [-0.25, -0.2) is 9.80 Å². The Balaban J connectivity index is 1.23. The summed E-state index contributed by atoms with van der Waals surface area (Å²) in [7, 11) is 0. The minimum Gasteiger partial charge on any atom is -0.423 e. The second kappa shape index (κ2) is 12.1. The van der Waals surface area contributed by atoms with Crippen LogP contribution in [0.3, 0.4) is 0 Å². The van der Waals surface area contributed by atoms with Crippen LogP contribution in [0.1, 0.15) is 37.5 Å². The summed E-state index contributed by atoms with van der Waals surface area (Å²) in [6.45, 7) is -0.631. The van der Waals surface area contributed by atoms with E-state index in [1.54, 1.807) is 12.1 Å². The largest absolute Gasteiger partial charge is 0.423 e. The van der Waals surface area contributed by atoms with Gasteiger partial charge in [0.15, 0.2) is 5.78 Å². The number of nitrogens with zero attached hydrogens (tertiary/aromatic N) is 3. The monoisotopic (exact) mass is 757 g/mol. The molecule has 0 unspecified atom stereocenters. The van der Waals surface area contributed by atoms with E-state index in [2.05, 4.69) is 31.9 Å². The van der Waals surface area contributed by atoms with E-state index in [9.17, 15) is 34.1 Å². The second-order valence-electron chi connectivity index (χ2n) is 11.0. The SMILES string of the molecule is O=C(CN(C(=O)c1ccccc1Cl)N1C(=O)[C@@H]2[C@H]3C[C@@H]([C@H](Br)[C@H]3Br)[C@@H]2C1=O)c1ccc(OC(=O)c2ccc([N+](=O)[O-])cc2)cc1. The summed E-state index contributed by atoms with van der Waals surface area (Å²) in [5.41, 5.74) is 0.0643. The zero-order valence-corrected chi connectivity index (χ0v) is 27.0.